The monoisotopic (exact) mass is 172 g/mol. The molecule has 0 bridgehead atoms. The van der Waals surface area contributed by atoms with E-state index in [0.717, 1.165) is 17.4 Å². The van der Waals surface area contributed by atoms with Crippen molar-refractivity contribution in [3.8, 4) is 0 Å². The molecule has 72 valence electrons. The van der Waals surface area contributed by atoms with Crippen molar-refractivity contribution in [2.24, 2.45) is 5.92 Å². The maximum absolute atomic E-state index is 9.72. The molecule has 12 heavy (non-hydrogen) atoms. The van der Waals surface area contributed by atoms with E-state index in [1.807, 2.05) is 0 Å². The maximum atomic E-state index is 9.72. The Bertz CT molecular complexity index is 139. The van der Waals surface area contributed by atoms with Crippen LogP contribution in [0.5, 0.6) is 0 Å². The van der Waals surface area contributed by atoms with Gasteiger partial charge in [-0.05, 0) is 12.8 Å². The van der Waals surface area contributed by atoms with Gasteiger partial charge < -0.3 is 9.59 Å². The second-order valence-corrected chi connectivity index (χ2v) is 5.08. The molecular formula is C10H22NO+. The van der Waals surface area contributed by atoms with Gasteiger partial charge >= 0.3 is 0 Å². The Balaban J connectivity index is 2.39. The number of quaternary nitrogens is 1. The minimum Gasteiger partial charge on any atom is -0.393 e. The van der Waals surface area contributed by atoms with Crippen LogP contribution in [-0.4, -0.2) is 43.4 Å². The average Bonchev–Trinajstić information content (AvgIpc) is 1.91. The Morgan fingerprint density at radius 1 is 1.17 bits per heavy atom. The van der Waals surface area contributed by atoms with E-state index < -0.39 is 0 Å². The molecule has 1 aliphatic rings. The zero-order valence-corrected chi connectivity index (χ0v) is 8.58. The highest BCUT2D eigenvalue weighted by Crippen LogP contribution is 2.25. The van der Waals surface area contributed by atoms with Gasteiger partial charge in [0.1, 0.15) is 0 Å². The van der Waals surface area contributed by atoms with Crippen LogP contribution in [0.4, 0.5) is 0 Å². The van der Waals surface area contributed by atoms with Gasteiger partial charge in [0.15, 0.2) is 0 Å². The Kier molecular flexibility index (Phi) is 3.13. The van der Waals surface area contributed by atoms with Crippen molar-refractivity contribution in [2.45, 2.75) is 31.8 Å². The van der Waals surface area contributed by atoms with Crippen molar-refractivity contribution >= 4 is 0 Å². The summed E-state index contributed by atoms with van der Waals surface area (Å²) in [6.07, 6.45) is 4.73. The molecule has 1 aliphatic carbocycles. The van der Waals surface area contributed by atoms with E-state index in [2.05, 4.69) is 21.1 Å². The highest BCUT2D eigenvalue weighted by Gasteiger charge is 2.27. The van der Waals surface area contributed by atoms with Crippen LogP contribution in [0.2, 0.25) is 0 Å². The van der Waals surface area contributed by atoms with E-state index in [1.54, 1.807) is 0 Å². The molecule has 1 N–H and O–H groups in total. The second-order valence-electron chi connectivity index (χ2n) is 5.08. The third-order valence-corrected chi connectivity index (χ3v) is 2.65. The summed E-state index contributed by atoms with van der Waals surface area (Å²) in [6, 6.07) is 0. The molecular weight excluding hydrogens is 150 g/mol. The summed E-state index contributed by atoms with van der Waals surface area (Å²) >= 11 is 0. The highest BCUT2D eigenvalue weighted by molar-refractivity contribution is 4.73. The average molecular weight is 172 g/mol. The molecule has 0 aliphatic heterocycles. The van der Waals surface area contributed by atoms with Crippen LogP contribution in [0.15, 0.2) is 0 Å². The molecule has 0 saturated heterocycles. The van der Waals surface area contributed by atoms with Crippen LogP contribution in [-0.2, 0) is 0 Å². The van der Waals surface area contributed by atoms with Crippen LogP contribution >= 0.6 is 0 Å². The first-order valence-electron chi connectivity index (χ1n) is 4.97. The first-order chi connectivity index (χ1) is 5.49. The molecule has 0 spiro atoms. The first-order valence-corrected chi connectivity index (χ1v) is 4.97. The summed E-state index contributed by atoms with van der Waals surface area (Å²) in [5, 5.41) is 9.72. The van der Waals surface area contributed by atoms with Gasteiger partial charge in [0.2, 0.25) is 0 Å². The number of aliphatic hydroxyl groups is 1. The molecule has 0 unspecified atom stereocenters. The minimum absolute atomic E-state index is 0.0314. The fourth-order valence-corrected chi connectivity index (χ4v) is 2.10. The van der Waals surface area contributed by atoms with Crippen molar-refractivity contribution in [3.63, 3.8) is 0 Å². The Morgan fingerprint density at radius 3 is 2.25 bits per heavy atom. The Hall–Kier alpha value is -0.0800. The molecule has 0 amide bonds. The Labute approximate surface area is 75.8 Å². The number of nitrogens with zero attached hydrogens (tertiary/aromatic N) is 1. The molecule has 0 heterocycles. The lowest BCUT2D eigenvalue weighted by Gasteiger charge is -2.34. The lowest BCUT2D eigenvalue weighted by molar-refractivity contribution is -0.874. The lowest BCUT2D eigenvalue weighted by Crippen LogP contribution is -2.43. The predicted molar refractivity (Wildman–Crippen MR) is 50.9 cm³/mol. The number of aliphatic hydroxyl groups excluding tert-OH is 1. The summed E-state index contributed by atoms with van der Waals surface area (Å²) in [5.41, 5.74) is 0. The van der Waals surface area contributed by atoms with Gasteiger partial charge in [0.05, 0.1) is 33.8 Å². The van der Waals surface area contributed by atoms with E-state index in [0.29, 0.717) is 5.92 Å². The zero-order valence-electron chi connectivity index (χ0n) is 8.58. The minimum atomic E-state index is -0.0314. The summed E-state index contributed by atoms with van der Waals surface area (Å²) in [7, 11) is 6.59. The number of hydrogen-bond donors (Lipinski definition) is 1. The number of hydrogen-bond acceptors (Lipinski definition) is 1. The summed E-state index contributed by atoms with van der Waals surface area (Å²) in [4.78, 5) is 0. The van der Waals surface area contributed by atoms with Gasteiger partial charge in [-0.3, -0.25) is 0 Å². The summed E-state index contributed by atoms with van der Waals surface area (Å²) in [5.74, 6) is 0.541. The quantitative estimate of drug-likeness (QED) is 0.621. The van der Waals surface area contributed by atoms with Gasteiger partial charge in [-0.1, -0.05) is 12.8 Å². The molecule has 2 heteroatoms. The van der Waals surface area contributed by atoms with Crippen LogP contribution in [0.25, 0.3) is 0 Å². The van der Waals surface area contributed by atoms with Gasteiger partial charge in [-0.2, -0.15) is 0 Å². The molecule has 0 aromatic heterocycles. The third-order valence-electron chi connectivity index (χ3n) is 2.65. The molecule has 1 rings (SSSR count). The van der Waals surface area contributed by atoms with Gasteiger partial charge in [-0.25, -0.2) is 0 Å². The summed E-state index contributed by atoms with van der Waals surface area (Å²) in [6.45, 7) is 1.11. The molecule has 0 aromatic carbocycles. The van der Waals surface area contributed by atoms with E-state index in [4.69, 9.17) is 0 Å². The molecule has 0 radical (unpaired) electrons. The predicted octanol–water partition coefficient (Wildman–Crippen LogP) is 1.24. The SMILES string of the molecule is C[N+](C)(C)C[C@H]1CCCC[C@@H]1O. The van der Waals surface area contributed by atoms with Gasteiger partial charge in [0, 0.05) is 5.92 Å². The van der Waals surface area contributed by atoms with E-state index in [9.17, 15) is 5.11 Å². The van der Waals surface area contributed by atoms with Crippen molar-refractivity contribution in [1.29, 1.82) is 0 Å². The van der Waals surface area contributed by atoms with E-state index in [-0.39, 0.29) is 6.10 Å². The van der Waals surface area contributed by atoms with Crippen molar-refractivity contribution in [1.82, 2.24) is 0 Å². The maximum Gasteiger partial charge on any atom is 0.0834 e. The second kappa shape index (κ2) is 3.75. The van der Waals surface area contributed by atoms with E-state index in [1.165, 1.54) is 19.3 Å². The van der Waals surface area contributed by atoms with Gasteiger partial charge in [-0.15, -0.1) is 0 Å². The van der Waals surface area contributed by atoms with Crippen LogP contribution < -0.4 is 0 Å². The summed E-state index contributed by atoms with van der Waals surface area (Å²) < 4.78 is 0.974. The van der Waals surface area contributed by atoms with Crippen LogP contribution in [0.3, 0.4) is 0 Å². The van der Waals surface area contributed by atoms with Crippen molar-refractivity contribution in [2.75, 3.05) is 27.7 Å². The topological polar surface area (TPSA) is 20.2 Å². The van der Waals surface area contributed by atoms with Crippen molar-refractivity contribution < 1.29 is 9.59 Å². The third kappa shape index (κ3) is 3.11. The molecule has 1 saturated carbocycles. The first kappa shape index (κ1) is 10.0. The normalized spacial score (nSPS) is 32.0. The molecule has 1 fully saturated rings. The Morgan fingerprint density at radius 2 is 1.75 bits per heavy atom. The molecule has 0 aromatic rings. The molecule has 2 nitrogen and oxygen atoms in total. The zero-order chi connectivity index (χ0) is 9.19. The smallest absolute Gasteiger partial charge is 0.0834 e. The highest BCUT2D eigenvalue weighted by atomic mass is 16.3. The number of rotatable bonds is 2. The largest absolute Gasteiger partial charge is 0.393 e. The van der Waals surface area contributed by atoms with E-state index >= 15 is 0 Å². The van der Waals surface area contributed by atoms with Gasteiger partial charge in [0.25, 0.3) is 0 Å². The fourth-order valence-electron chi connectivity index (χ4n) is 2.10. The van der Waals surface area contributed by atoms with Crippen LogP contribution in [0.1, 0.15) is 25.7 Å². The fraction of sp³-hybridized carbons (Fsp3) is 1.00. The van der Waals surface area contributed by atoms with Crippen molar-refractivity contribution in [3.05, 3.63) is 0 Å². The molecule has 2 atom stereocenters. The standard InChI is InChI=1S/C10H22NO/c1-11(2,3)8-9-6-4-5-7-10(9)12/h9-10,12H,4-8H2,1-3H3/q+1/t9-,10+/m1/s1. The van der Waals surface area contributed by atoms with Crippen LogP contribution in [0, 0.1) is 5.92 Å². The lowest BCUT2D eigenvalue weighted by atomic mass is 9.86.